The van der Waals surface area contributed by atoms with Crippen molar-refractivity contribution in [3.05, 3.63) is 30.1 Å². The van der Waals surface area contributed by atoms with Gasteiger partial charge in [0.05, 0.1) is 5.69 Å². The Morgan fingerprint density at radius 1 is 1.37 bits per heavy atom. The lowest BCUT2D eigenvalue weighted by Crippen LogP contribution is -2.62. The van der Waals surface area contributed by atoms with Crippen molar-refractivity contribution in [3.8, 4) is 0 Å². The molecule has 1 saturated heterocycles. The summed E-state index contributed by atoms with van der Waals surface area (Å²) in [5, 5.41) is 0. The summed E-state index contributed by atoms with van der Waals surface area (Å²) < 4.78 is 14.1. The highest BCUT2D eigenvalue weighted by Crippen LogP contribution is 2.30. The second kappa shape index (κ2) is 5.47. The molecular weight excluding hydrogens is 241 g/mol. The molecule has 0 radical (unpaired) electrons. The molecule has 0 amide bonds. The molecule has 1 atom stereocenters. The molecule has 3 nitrogen and oxygen atoms in total. The van der Waals surface area contributed by atoms with E-state index < -0.39 is 0 Å². The summed E-state index contributed by atoms with van der Waals surface area (Å²) in [5.74, 6) is -0.148. The fourth-order valence-corrected chi connectivity index (χ4v) is 2.73. The van der Waals surface area contributed by atoms with E-state index in [-0.39, 0.29) is 17.4 Å². The highest BCUT2D eigenvalue weighted by atomic mass is 19.1. The second-order valence-electron chi connectivity index (χ2n) is 6.00. The van der Waals surface area contributed by atoms with Gasteiger partial charge in [-0.25, -0.2) is 4.39 Å². The smallest absolute Gasteiger partial charge is 0.146 e. The Kier molecular flexibility index (Phi) is 4.11. The molecule has 1 aliphatic heterocycles. The van der Waals surface area contributed by atoms with Crippen LogP contribution in [0.25, 0.3) is 0 Å². The Bertz CT molecular complexity index is 433. The molecular formula is C15H24FN3. The van der Waals surface area contributed by atoms with Gasteiger partial charge in [0, 0.05) is 24.7 Å². The summed E-state index contributed by atoms with van der Waals surface area (Å²) in [6.07, 6.45) is 0.884. The van der Waals surface area contributed by atoms with E-state index in [4.69, 9.17) is 5.73 Å². The van der Waals surface area contributed by atoms with Crippen molar-refractivity contribution in [3.63, 3.8) is 0 Å². The SMILES string of the molecule is CN1CC(CCN)N(c2ccccc2F)CC1(C)C. The first-order valence-electron chi connectivity index (χ1n) is 6.88. The topological polar surface area (TPSA) is 32.5 Å². The fourth-order valence-electron chi connectivity index (χ4n) is 2.73. The van der Waals surface area contributed by atoms with Crippen LogP contribution in [0.15, 0.2) is 24.3 Å². The highest BCUT2D eigenvalue weighted by molar-refractivity contribution is 5.50. The van der Waals surface area contributed by atoms with E-state index in [1.54, 1.807) is 6.07 Å². The summed E-state index contributed by atoms with van der Waals surface area (Å²) in [4.78, 5) is 4.52. The lowest BCUT2D eigenvalue weighted by atomic mass is 9.94. The van der Waals surface area contributed by atoms with E-state index in [1.807, 2.05) is 12.1 Å². The third-order valence-electron chi connectivity index (χ3n) is 4.18. The number of anilines is 1. The van der Waals surface area contributed by atoms with Crippen LogP contribution in [0.4, 0.5) is 10.1 Å². The molecule has 0 aromatic heterocycles. The van der Waals surface area contributed by atoms with E-state index in [0.717, 1.165) is 19.5 Å². The number of hydrogen-bond acceptors (Lipinski definition) is 3. The minimum atomic E-state index is -0.148. The predicted octanol–water partition coefficient (Wildman–Crippen LogP) is 2.07. The lowest BCUT2D eigenvalue weighted by Gasteiger charge is -2.50. The number of likely N-dealkylation sites (N-methyl/N-ethyl adjacent to an activating group) is 1. The lowest BCUT2D eigenvalue weighted by molar-refractivity contribution is 0.112. The number of nitrogens with two attached hydrogens (primary N) is 1. The standard InChI is InChI=1S/C15H24FN3/c1-15(2)11-19(12(8-9-17)10-18(15)3)14-7-5-4-6-13(14)16/h4-7,12H,8-11,17H2,1-3H3. The molecule has 1 unspecified atom stereocenters. The molecule has 4 heteroatoms. The molecule has 1 fully saturated rings. The zero-order valence-electron chi connectivity index (χ0n) is 12.1. The number of rotatable bonds is 3. The summed E-state index contributed by atoms with van der Waals surface area (Å²) in [5.41, 5.74) is 6.44. The van der Waals surface area contributed by atoms with Gasteiger partial charge in [0.25, 0.3) is 0 Å². The number of piperazine rings is 1. The minimum absolute atomic E-state index is 0.0351. The Hall–Kier alpha value is -1.13. The molecule has 2 rings (SSSR count). The number of hydrogen-bond donors (Lipinski definition) is 1. The van der Waals surface area contributed by atoms with Crippen LogP contribution in [0, 0.1) is 5.82 Å². The van der Waals surface area contributed by atoms with Gasteiger partial charge < -0.3 is 10.6 Å². The Morgan fingerprint density at radius 2 is 2.05 bits per heavy atom. The Morgan fingerprint density at radius 3 is 2.68 bits per heavy atom. The van der Waals surface area contributed by atoms with Crippen molar-refractivity contribution in [2.45, 2.75) is 31.8 Å². The molecule has 0 spiro atoms. The summed E-state index contributed by atoms with van der Waals surface area (Å²) in [6, 6.07) is 7.29. The van der Waals surface area contributed by atoms with E-state index >= 15 is 0 Å². The molecule has 106 valence electrons. The maximum atomic E-state index is 14.1. The Labute approximate surface area is 115 Å². The molecule has 1 aromatic rings. The van der Waals surface area contributed by atoms with Crippen LogP contribution in [0.1, 0.15) is 20.3 Å². The number of benzene rings is 1. The van der Waals surface area contributed by atoms with Gasteiger partial charge in [-0.05, 0) is 46.0 Å². The minimum Gasteiger partial charge on any atom is -0.363 e. The maximum absolute atomic E-state index is 14.1. The zero-order valence-corrected chi connectivity index (χ0v) is 12.1. The average molecular weight is 265 g/mol. The van der Waals surface area contributed by atoms with E-state index in [0.29, 0.717) is 12.2 Å². The first-order chi connectivity index (χ1) is 8.95. The summed E-state index contributed by atoms with van der Waals surface area (Å²) in [6.45, 7) is 6.75. The van der Waals surface area contributed by atoms with Crippen molar-refractivity contribution in [2.24, 2.45) is 5.73 Å². The molecule has 0 bridgehead atoms. The van der Waals surface area contributed by atoms with Crippen molar-refractivity contribution in [1.29, 1.82) is 0 Å². The van der Waals surface area contributed by atoms with Crippen LogP contribution in [-0.2, 0) is 0 Å². The van der Waals surface area contributed by atoms with E-state index in [9.17, 15) is 4.39 Å². The van der Waals surface area contributed by atoms with Gasteiger partial charge in [-0.3, -0.25) is 4.90 Å². The normalized spacial score (nSPS) is 23.6. The van der Waals surface area contributed by atoms with E-state index in [1.165, 1.54) is 6.07 Å². The van der Waals surface area contributed by atoms with Crippen LogP contribution in [0.3, 0.4) is 0 Å². The van der Waals surface area contributed by atoms with Gasteiger partial charge in [-0.1, -0.05) is 12.1 Å². The first kappa shape index (κ1) is 14.3. The molecule has 0 aliphatic carbocycles. The van der Waals surface area contributed by atoms with Gasteiger partial charge in [-0.2, -0.15) is 0 Å². The van der Waals surface area contributed by atoms with Crippen molar-refractivity contribution in [1.82, 2.24) is 4.90 Å². The average Bonchev–Trinajstić information content (AvgIpc) is 2.35. The van der Waals surface area contributed by atoms with Crippen LogP contribution >= 0.6 is 0 Å². The van der Waals surface area contributed by atoms with E-state index in [2.05, 4.69) is 30.7 Å². The van der Waals surface area contributed by atoms with Gasteiger partial charge in [0.15, 0.2) is 0 Å². The molecule has 1 aromatic carbocycles. The molecule has 1 heterocycles. The fraction of sp³-hybridized carbons (Fsp3) is 0.600. The van der Waals surface area contributed by atoms with Crippen LogP contribution in [0.2, 0.25) is 0 Å². The quantitative estimate of drug-likeness (QED) is 0.908. The number of para-hydroxylation sites is 1. The molecule has 2 N–H and O–H groups in total. The van der Waals surface area contributed by atoms with Crippen LogP contribution < -0.4 is 10.6 Å². The summed E-state index contributed by atoms with van der Waals surface area (Å²) >= 11 is 0. The van der Waals surface area contributed by atoms with Crippen LogP contribution in [-0.4, -0.2) is 43.2 Å². The Balaban J connectivity index is 2.31. The maximum Gasteiger partial charge on any atom is 0.146 e. The third-order valence-corrected chi connectivity index (χ3v) is 4.18. The third kappa shape index (κ3) is 2.90. The van der Waals surface area contributed by atoms with Crippen molar-refractivity contribution in [2.75, 3.05) is 31.6 Å². The second-order valence-corrected chi connectivity index (χ2v) is 6.00. The monoisotopic (exact) mass is 265 g/mol. The van der Waals surface area contributed by atoms with Crippen molar-refractivity contribution >= 4 is 5.69 Å². The van der Waals surface area contributed by atoms with Gasteiger partial charge in [0.2, 0.25) is 0 Å². The first-order valence-corrected chi connectivity index (χ1v) is 6.88. The predicted molar refractivity (Wildman–Crippen MR) is 77.9 cm³/mol. The molecule has 1 aliphatic rings. The van der Waals surface area contributed by atoms with Gasteiger partial charge in [0.1, 0.15) is 5.82 Å². The van der Waals surface area contributed by atoms with Gasteiger partial charge >= 0.3 is 0 Å². The highest BCUT2D eigenvalue weighted by Gasteiger charge is 2.37. The molecule has 19 heavy (non-hydrogen) atoms. The van der Waals surface area contributed by atoms with Gasteiger partial charge in [-0.15, -0.1) is 0 Å². The summed E-state index contributed by atoms with van der Waals surface area (Å²) in [7, 11) is 2.13. The largest absolute Gasteiger partial charge is 0.363 e. The van der Waals surface area contributed by atoms with Crippen molar-refractivity contribution < 1.29 is 4.39 Å². The zero-order chi connectivity index (χ0) is 14.0. The molecule has 0 saturated carbocycles. The number of nitrogens with zero attached hydrogens (tertiary/aromatic N) is 2. The van der Waals surface area contributed by atoms with Crippen LogP contribution in [0.5, 0.6) is 0 Å². The number of halogens is 1.